The van der Waals surface area contributed by atoms with Crippen LogP contribution in [0.25, 0.3) is 0 Å². The predicted molar refractivity (Wildman–Crippen MR) is 118 cm³/mol. The van der Waals surface area contributed by atoms with Gasteiger partial charge in [-0.05, 0) is 29.1 Å². The Morgan fingerprint density at radius 2 is 1.94 bits per heavy atom. The number of nitrogens with zero attached hydrogens (tertiary/aromatic N) is 3. The third kappa shape index (κ3) is 5.69. The first-order valence-electron chi connectivity index (χ1n) is 9.90. The molecule has 0 radical (unpaired) electrons. The zero-order chi connectivity index (χ0) is 22.2. The van der Waals surface area contributed by atoms with Crippen molar-refractivity contribution >= 4 is 28.9 Å². The summed E-state index contributed by atoms with van der Waals surface area (Å²) in [5.41, 5.74) is 1.81. The molecular weight excluding hydrogens is 418 g/mol. The minimum absolute atomic E-state index is 0.0946. The number of methoxy groups -OCH3 is 3. The van der Waals surface area contributed by atoms with Crippen LogP contribution in [0, 0.1) is 0 Å². The van der Waals surface area contributed by atoms with Crippen molar-refractivity contribution in [3.05, 3.63) is 52.2 Å². The van der Waals surface area contributed by atoms with Gasteiger partial charge in [0.25, 0.3) is 5.91 Å². The van der Waals surface area contributed by atoms with Crippen LogP contribution in [0.4, 0.5) is 0 Å². The molecule has 2 aromatic rings. The smallest absolute Gasteiger partial charge is 0.262 e. The van der Waals surface area contributed by atoms with E-state index < -0.39 is 0 Å². The van der Waals surface area contributed by atoms with Crippen molar-refractivity contribution in [1.82, 2.24) is 9.91 Å². The second-order valence-electron chi connectivity index (χ2n) is 7.00. The lowest BCUT2D eigenvalue weighted by Gasteiger charge is -2.27. The quantitative estimate of drug-likeness (QED) is 0.562. The van der Waals surface area contributed by atoms with Crippen LogP contribution in [0.5, 0.6) is 5.75 Å². The lowest BCUT2D eigenvalue weighted by atomic mass is 10.0. The van der Waals surface area contributed by atoms with Gasteiger partial charge in [-0.3, -0.25) is 9.59 Å². The highest BCUT2D eigenvalue weighted by Crippen LogP contribution is 2.34. The Kier molecular flexibility index (Phi) is 8.16. The maximum absolute atomic E-state index is 13.3. The van der Waals surface area contributed by atoms with E-state index in [9.17, 15) is 9.59 Å². The Balaban J connectivity index is 1.84. The van der Waals surface area contributed by atoms with E-state index in [1.165, 1.54) is 17.0 Å². The summed E-state index contributed by atoms with van der Waals surface area (Å²) in [5.74, 6) is 0.221. The Hall–Kier alpha value is -2.75. The Morgan fingerprint density at radius 1 is 1.16 bits per heavy atom. The third-order valence-corrected chi connectivity index (χ3v) is 5.90. The Morgan fingerprint density at radius 3 is 2.55 bits per heavy atom. The summed E-state index contributed by atoms with van der Waals surface area (Å²) >= 11 is 1.59. The van der Waals surface area contributed by atoms with Gasteiger partial charge in [0.05, 0.1) is 30.3 Å². The molecule has 2 amide bonds. The standard InChI is InChI=1S/C22H27N3O5S/c1-28-11-10-24(22(27)15-29-2)14-21(26)25-19(16-6-8-17(30-3)9-7-16)13-18(23-25)20-5-4-12-31-20/h4-9,12,19H,10-11,13-15H2,1-3H3/t19-/m1/s1. The van der Waals surface area contributed by atoms with E-state index in [1.54, 1.807) is 25.6 Å². The van der Waals surface area contributed by atoms with E-state index in [4.69, 9.17) is 14.2 Å². The van der Waals surface area contributed by atoms with E-state index in [0.717, 1.165) is 21.9 Å². The van der Waals surface area contributed by atoms with Crippen molar-refractivity contribution in [2.24, 2.45) is 5.10 Å². The molecule has 3 rings (SSSR count). The minimum Gasteiger partial charge on any atom is -0.497 e. The number of hydrogen-bond acceptors (Lipinski definition) is 7. The molecule has 9 heteroatoms. The first-order chi connectivity index (χ1) is 15.1. The number of hydrazone groups is 1. The molecule has 0 fully saturated rings. The molecule has 1 atom stereocenters. The van der Waals surface area contributed by atoms with Crippen molar-refractivity contribution in [3.63, 3.8) is 0 Å². The molecule has 0 aliphatic carbocycles. The fourth-order valence-electron chi connectivity index (χ4n) is 3.36. The summed E-state index contributed by atoms with van der Waals surface area (Å²) < 4.78 is 15.3. The van der Waals surface area contributed by atoms with Gasteiger partial charge >= 0.3 is 0 Å². The molecule has 1 aromatic carbocycles. The normalized spacial score (nSPS) is 15.6. The zero-order valence-corrected chi connectivity index (χ0v) is 18.8. The zero-order valence-electron chi connectivity index (χ0n) is 17.9. The Bertz CT molecular complexity index is 898. The van der Waals surface area contributed by atoms with Gasteiger partial charge in [0.15, 0.2) is 0 Å². The first-order valence-corrected chi connectivity index (χ1v) is 10.8. The van der Waals surface area contributed by atoms with Crippen LogP contribution < -0.4 is 4.74 Å². The number of carbonyl (C=O) groups is 2. The first kappa shape index (κ1) is 22.9. The van der Waals surface area contributed by atoms with Gasteiger partial charge in [-0.1, -0.05) is 18.2 Å². The summed E-state index contributed by atoms with van der Waals surface area (Å²) in [7, 11) is 4.62. The van der Waals surface area contributed by atoms with Crippen LogP contribution in [0.1, 0.15) is 22.9 Å². The van der Waals surface area contributed by atoms with Gasteiger partial charge in [0, 0.05) is 27.2 Å². The van der Waals surface area contributed by atoms with E-state index in [-0.39, 0.29) is 31.0 Å². The highest BCUT2D eigenvalue weighted by molar-refractivity contribution is 7.12. The minimum atomic E-state index is -0.268. The van der Waals surface area contributed by atoms with Crippen molar-refractivity contribution in [3.8, 4) is 5.75 Å². The lowest BCUT2D eigenvalue weighted by molar-refractivity contribution is -0.144. The molecular formula is C22H27N3O5S. The average molecular weight is 446 g/mol. The second-order valence-corrected chi connectivity index (χ2v) is 7.94. The number of benzene rings is 1. The second kappa shape index (κ2) is 11.0. The lowest BCUT2D eigenvalue weighted by Crippen LogP contribution is -2.44. The van der Waals surface area contributed by atoms with Crippen LogP contribution in [0.15, 0.2) is 46.9 Å². The van der Waals surface area contributed by atoms with Crippen LogP contribution in [-0.4, -0.2) is 75.1 Å². The summed E-state index contributed by atoms with van der Waals surface area (Å²) in [6.07, 6.45) is 0.600. The number of carbonyl (C=O) groups excluding carboxylic acids is 2. The monoisotopic (exact) mass is 445 g/mol. The summed E-state index contributed by atoms with van der Waals surface area (Å²) in [6, 6.07) is 11.3. The van der Waals surface area contributed by atoms with E-state index >= 15 is 0 Å². The summed E-state index contributed by atoms with van der Waals surface area (Å²) in [5, 5.41) is 8.13. The molecule has 1 aromatic heterocycles. The van der Waals surface area contributed by atoms with E-state index in [2.05, 4.69) is 5.10 Å². The van der Waals surface area contributed by atoms with Gasteiger partial charge in [0.2, 0.25) is 5.91 Å². The number of rotatable bonds is 10. The SMILES string of the molecule is COCCN(CC(=O)N1N=C(c2cccs2)C[C@@H]1c1ccc(OC)cc1)C(=O)COC. The summed E-state index contributed by atoms with van der Waals surface area (Å²) in [4.78, 5) is 28.1. The predicted octanol–water partition coefficient (Wildman–Crippen LogP) is 2.56. The van der Waals surface area contributed by atoms with Crippen LogP contribution in [0.2, 0.25) is 0 Å². The van der Waals surface area contributed by atoms with E-state index in [0.29, 0.717) is 19.6 Å². The molecule has 1 aliphatic rings. The molecule has 0 unspecified atom stereocenters. The van der Waals surface area contributed by atoms with Crippen molar-refractivity contribution in [1.29, 1.82) is 0 Å². The maximum atomic E-state index is 13.3. The van der Waals surface area contributed by atoms with Crippen LogP contribution >= 0.6 is 11.3 Å². The molecule has 8 nitrogen and oxygen atoms in total. The fourth-order valence-corrected chi connectivity index (χ4v) is 4.08. The van der Waals surface area contributed by atoms with E-state index in [1.807, 2.05) is 41.8 Å². The molecule has 0 N–H and O–H groups in total. The molecule has 0 bridgehead atoms. The van der Waals surface area contributed by atoms with Gasteiger partial charge < -0.3 is 19.1 Å². The third-order valence-electron chi connectivity index (χ3n) is 4.98. The molecule has 1 aliphatic heterocycles. The summed E-state index contributed by atoms with van der Waals surface area (Å²) in [6.45, 7) is 0.434. The molecule has 2 heterocycles. The van der Waals surface area contributed by atoms with Gasteiger partial charge in [-0.25, -0.2) is 5.01 Å². The molecule has 0 saturated heterocycles. The number of ether oxygens (including phenoxy) is 3. The average Bonchev–Trinajstić information content (AvgIpc) is 3.46. The largest absolute Gasteiger partial charge is 0.497 e. The van der Waals surface area contributed by atoms with Gasteiger partial charge in [-0.15, -0.1) is 11.3 Å². The highest BCUT2D eigenvalue weighted by Gasteiger charge is 2.34. The molecule has 31 heavy (non-hydrogen) atoms. The topological polar surface area (TPSA) is 80.7 Å². The molecule has 0 spiro atoms. The van der Waals surface area contributed by atoms with Crippen LogP contribution in [0.3, 0.4) is 0 Å². The fraction of sp³-hybridized carbons (Fsp3) is 0.409. The molecule has 0 saturated carbocycles. The molecule has 166 valence electrons. The van der Waals surface area contributed by atoms with Crippen molar-refractivity contribution < 1.29 is 23.8 Å². The van der Waals surface area contributed by atoms with Gasteiger partial charge in [-0.2, -0.15) is 5.10 Å². The Labute approximate surface area is 186 Å². The highest BCUT2D eigenvalue weighted by atomic mass is 32.1. The van der Waals surface area contributed by atoms with Crippen molar-refractivity contribution in [2.45, 2.75) is 12.5 Å². The number of thiophene rings is 1. The van der Waals surface area contributed by atoms with Crippen molar-refractivity contribution in [2.75, 3.05) is 47.6 Å². The maximum Gasteiger partial charge on any atom is 0.262 e. The van der Waals surface area contributed by atoms with Crippen LogP contribution in [-0.2, 0) is 19.1 Å². The van der Waals surface area contributed by atoms with Gasteiger partial charge in [0.1, 0.15) is 18.9 Å². The number of amides is 2. The number of hydrogen-bond donors (Lipinski definition) is 0.